The molecule has 0 amide bonds. The maximum atomic E-state index is 3.65. The highest BCUT2D eigenvalue weighted by Crippen LogP contribution is 2.30. The first-order valence-corrected chi connectivity index (χ1v) is 8.69. The fourth-order valence-corrected chi connectivity index (χ4v) is 3.19. The SMILES string of the molecule is CCCNCC(C)(C)CCc1ccc(Br)c2ccccc12. The summed E-state index contributed by atoms with van der Waals surface area (Å²) in [6, 6.07) is 13.1. The first-order chi connectivity index (χ1) is 10.0. The maximum Gasteiger partial charge on any atom is 0.0253 e. The van der Waals surface area contributed by atoms with Gasteiger partial charge in [-0.05, 0) is 53.6 Å². The van der Waals surface area contributed by atoms with Gasteiger partial charge in [0.15, 0.2) is 0 Å². The normalized spacial score (nSPS) is 12.0. The molecule has 0 radical (unpaired) electrons. The monoisotopic (exact) mass is 347 g/mol. The Morgan fingerprint density at radius 1 is 1.05 bits per heavy atom. The second kappa shape index (κ2) is 7.42. The average molecular weight is 348 g/mol. The van der Waals surface area contributed by atoms with Crippen molar-refractivity contribution >= 4 is 26.7 Å². The molecule has 21 heavy (non-hydrogen) atoms. The Morgan fingerprint density at radius 3 is 2.48 bits per heavy atom. The second-order valence-electron chi connectivity index (χ2n) is 6.59. The minimum atomic E-state index is 0.337. The Labute approximate surface area is 137 Å². The molecular weight excluding hydrogens is 322 g/mol. The van der Waals surface area contributed by atoms with Crippen molar-refractivity contribution in [1.82, 2.24) is 5.32 Å². The van der Waals surface area contributed by atoms with E-state index in [1.165, 1.54) is 33.7 Å². The van der Waals surface area contributed by atoms with Gasteiger partial charge >= 0.3 is 0 Å². The van der Waals surface area contributed by atoms with E-state index in [1.807, 2.05) is 0 Å². The number of halogens is 1. The fraction of sp³-hybridized carbons (Fsp3) is 0.474. The smallest absolute Gasteiger partial charge is 0.0253 e. The third kappa shape index (κ3) is 4.55. The Hall–Kier alpha value is -0.860. The van der Waals surface area contributed by atoms with Gasteiger partial charge in [-0.1, -0.05) is 67.0 Å². The lowest BCUT2D eigenvalue weighted by molar-refractivity contribution is 0.315. The number of benzene rings is 2. The van der Waals surface area contributed by atoms with Crippen molar-refractivity contribution < 1.29 is 0 Å². The Balaban J connectivity index is 2.08. The van der Waals surface area contributed by atoms with Crippen LogP contribution < -0.4 is 5.32 Å². The number of hydrogen-bond donors (Lipinski definition) is 1. The molecule has 0 aliphatic rings. The summed E-state index contributed by atoms with van der Waals surface area (Å²) in [6.07, 6.45) is 3.54. The standard InChI is InChI=1S/C19H26BrN/c1-4-13-21-14-19(2,3)12-11-15-9-10-18(20)17-8-6-5-7-16(15)17/h5-10,21H,4,11-14H2,1-3H3. The molecule has 2 aromatic rings. The van der Waals surface area contributed by atoms with E-state index in [0.29, 0.717) is 5.41 Å². The van der Waals surface area contributed by atoms with Crippen molar-refractivity contribution in [2.45, 2.75) is 40.0 Å². The molecule has 0 spiro atoms. The minimum Gasteiger partial charge on any atom is -0.316 e. The van der Waals surface area contributed by atoms with E-state index in [0.717, 1.165) is 19.5 Å². The molecule has 1 N–H and O–H groups in total. The fourth-order valence-electron chi connectivity index (χ4n) is 2.71. The molecule has 2 heteroatoms. The van der Waals surface area contributed by atoms with Crippen LogP contribution in [0.15, 0.2) is 40.9 Å². The predicted molar refractivity (Wildman–Crippen MR) is 96.9 cm³/mol. The summed E-state index contributed by atoms with van der Waals surface area (Å²) in [5.74, 6) is 0. The third-order valence-corrected chi connectivity index (χ3v) is 4.75. The first-order valence-electron chi connectivity index (χ1n) is 7.90. The molecular formula is C19H26BrN. The zero-order valence-electron chi connectivity index (χ0n) is 13.4. The van der Waals surface area contributed by atoms with Gasteiger partial charge in [0.2, 0.25) is 0 Å². The Morgan fingerprint density at radius 2 is 1.76 bits per heavy atom. The van der Waals surface area contributed by atoms with Gasteiger partial charge in [0.1, 0.15) is 0 Å². The maximum absolute atomic E-state index is 3.65. The van der Waals surface area contributed by atoms with Crippen LogP contribution in [0.3, 0.4) is 0 Å². The molecule has 0 heterocycles. The Kier molecular flexibility index (Phi) is 5.83. The molecule has 0 aliphatic heterocycles. The van der Waals surface area contributed by atoms with E-state index in [9.17, 15) is 0 Å². The van der Waals surface area contributed by atoms with Crippen LogP contribution in [0, 0.1) is 5.41 Å². The lowest BCUT2D eigenvalue weighted by Gasteiger charge is -2.25. The van der Waals surface area contributed by atoms with Crippen LogP contribution in [-0.4, -0.2) is 13.1 Å². The van der Waals surface area contributed by atoms with Crippen LogP contribution in [0.25, 0.3) is 10.8 Å². The van der Waals surface area contributed by atoms with Crippen LogP contribution in [0.1, 0.15) is 39.2 Å². The number of hydrogen-bond acceptors (Lipinski definition) is 1. The van der Waals surface area contributed by atoms with E-state index in [4.69, 9.17) is 0 Å². The summed E-state index contributed by atoms with van der Waals surface area (Å²) in [7, 11) is 0. The molecule has 2 aromatic carbocycles. The number of nitrogens with one attached hydrogen (secondary N) is 1. The van der Waals surface area contributed by atoms with Crippen molar-refractivity contribution in [3.63, 3.8) is 0 Å². The van der Waals surface area contributed by atoms with Crippen LogP contribution in [0.4, 0.5) is 0 Å². The zero-order chi connectivity index (χ0) is 15.3. The van der Waals surface area contributed by atoms with Crippen molar-refractivity contribution in [3.05, 3.63) is 46.4 Å². The van der Waals surface area contributed by atoms with Crippen LogP contribution in [0.5, 0.6) is 0 Å². The van der Waals surface area contributed by atoms with Crippen molar-refractivity contribution in [3.8, 4) is 0 Å². The molecule has 0 unspecified atom stereocenters. The van der Waals surface area contributed by atoms with E-state index in [-0.39, 0.29) is 0 Å². The molecule has 2 rings (SSSR count). The molecule has 0 saturated heterocycles. The summed E-state index contributed by atoms with van der Waals surface area (Å²) in [5.41, 5.74) is 1.79. The van der Waals surface area contributed by atoms with Crippen molar-refractivity contribution in [2.24, 2.45) is 5.41 Å². The summed E-state index contributed by atoms with van der Waals surface area (Å²) in [5, 5.41) is 6.25. The van der Waals surface area contributed by atoms with Gasteiger partial charge in [-0.2, -0.15) is 0 Å². The highest BCUT2D eigenvalue weighted by molar-refractivity contribution is 9.10. The van der Waals surface area contributed by atoms with E-state index >= 15 is 0 Å². The molecule has 0 saturated carbocycles. The molecule has 0 bridgehead atoms. The average Bonchev–Trinajstić information content (AvgIpc) is 2.47. The lowest BCUT2D eigenvalue weighted by atomic mass is 9.85. The summed E-state index contributed by atoms with van der Waals surface area (Å²) in [4.78, 5) is 0. The highest BCUT2D eigenvalue weighted by Gasteiger charge is 2.17. The van der Waals surface area contributed by atoms with Crippen LogP contribution >= 0.6 is 15.9 Å². The summed E-state index contributed by atoms with van der Waals surface area (Å²) in [6.45, 7) is 9.14. The molecule has 0 aliphatic carbocycles. The molecule has 0 aromatic heterocycles. The Bertz CT molecular complexity index is 589. The predicted octanol–water partition coefficient (Wildman–Crippen LogP) is 5.56. The van der Waals surface area contributed by atoms with E-state index in [1.54, 1.807) is 0 Å². The van der Waals surface area contributed by atoms with Gasteiger partial charge < -0.3 is 5.32 Å². The summed E-state index contributed by atoms with van der Waals surface area (Å²) >= 11 is 3.65. The van der Waals surface area contributed by atoms with Gasteiger partial charge in [0.25, 0.3) is 0 Å². The van der Waals surface area contributed by atoms with Crippen molar-refractivity contribution in [1.29, 1.82) is 0 Å². The highest BCUT2D eigenvalue weighted by atomic mass is 79.9. The lowest BCUT2D eigenvalue weighted by Crippen LogP contribution is -2.30. The first kappa shape index (κ1) is 16.5. The summed E-state index contributed by atoms with van der Waals surface area (Å²) < 4.78 is 1.19. The molecule has 114 valence electrons. The van der Waals surface area contributed by atoms with Gasteiger partial charge in [0.05, 0.1) is 0 Å². The zero-order valence-corrected chi connectivity index (χ0v) is 15.0. The molecule has 0 fully saturated rings. The van der Waals surface area contributed by atoms with Gasteiger partial charge in [-0.15, -0.1) is 0 Å². The quantitative estimate of drug-likeness (QED) is 0.646. The van der Waals surface area contributed by atoms with Crippen molar-refractivity contribution in [2.75, 3.05) is 13.1 Å². The number of aryl methyl sites for hydroxylation is 1. The minimum absolute atomic E-state index is 0.337. The van der Waals surface area contributed by atoms with E-state index < -0.39 is 0 Å². The second-order valence-corrected chi connectivity index (χ2v) is 7.45. The third-order valence-electron chi connectivity index (χ3n) is 4.06. The largest absolute Gasteiger partial charge is 0.316 e. The topological polar surface area (TPSA) is 12.0 Å². The van der Waals surface area contributed by atoms with E-state index in [2.05, 4.69) is 78.4 Å². The van der Waals surface area contributed by atoms with Crippen LogP contribution in [-0.2, 0) is 6.42 Å². The number of rotatable bonds is 7. The van der Waals surface area contributed by atoms with Gasteiger partial charge in [-0.25, -0.2) is 0 Å². The number of fused-ring (bicyclic) bond motifs is 1. The van der Waals surface area contributed by atoms with Crippen LogP contribution in [0.2, 0.25) is 0 Å². The molecule has 0 atom stereocenters. The van der Waals surface area contributed by atoms with Gasteiger partial charge in [-0.3, -0.25) is 0 Å². The molecule has 1 nitrogen and oxygen atoms in total. The van der Waals surface area contributed by atoms with Gasteiger partial charge in [0, 0.05) is 11.0 Å².